The molecular weight excluding hydrogens is 552 g/mol. The molecule has 1 fully saturated rings. The summed E-state index contributed by atoms with van der Waals surface area (Å²) in [6.45, 7) is 15.6. The molecule has 0 saturated heterocycles. The van der Waals surface area contributed by atoms with E-state index in [2.05, 4.69) is 6.58 Å². The quantitative estimate of drug-likeness (QED) is 0.141. The van der Waals surface area contributed by atoms with Crippen LogP contribution in [0.4, 0.5) is 0 Å². The van der Waals surface area contributed by atoms with Crippen molar-refractivity contribution in [1.82, 2.24) is 0 Å². The van der Waals surface area contributed by atoms with Crippen molar-refractivity contribution >= 4 is 29.1 Å². The highest BCUT2D eigenvalue weighted by molar-refractivity contribution is 6.24. The van der Waals surface area contributed by atoms with Crippen LogP contribution in [0.25, 0.3) is 5.76 Å². The molecule has 1 aromatic carbocycles. The first kappa shape index (κ1) is 32.2. The first-order valence-corrected chi connectivity index (χ1v) is 14.7. The Kier molecular flexibility index (Phi) is 8.07. The Morgan fingerprint density at radius 2 is 1.77 bits per heavy atom. The van der Waals surface area contributed by atoms with Crippen LogP contribution in [0.5, 0.6) is 5.75 Å². The van der Waals surface area contributed by atoms with Crippen molar-refractivity contribution in [3.05, 3.63) is 57.9 Å². The van der Waals surface area contributed by atoms with E-state index in [1.165, 1.54) is 0 Å². The van der Waals surface area contributed by atoms with E-state index in [0.29, 0.717) is 12.0 Å². The van der Waals surface area contributed by atoms with Gasteiger partial charge in [0.15, 0.2) is 17.2 Å². The normalized spacial score (nSPS) is 28.6. The Labute approximate surface area is 252 Å². The average molecular weight is 595 g/mol. The minimum absolute atomic E-state index is 0.0145. The number of ether oxygens (including phenoxy) is 1. The summed E-state index contributed by atoms with van der Waals surface area (Å²) in [6, 6.07) is 1.71. The van der Waals surface area contributed by atoms with E-state index in [1.807, 2.05) is 13.8 Å². The number of aliphatic hydroxyl groups is 3. The average Bonchev–Trinajstić information content (AvgIpc) is 2.87. The van der Waals surface area contributed by atoms with Crippen molar-refractivity contribution in [1.29, 1.82) is 0 Å². The number of benzene rings is 1. The topological polar surface area (TPSA) is 158 Å². The van der Waals surface area contributed by atoms with Gasteiger partial charge in [-0.05, 0) is 49.1 Å². The molecule has 1 saturated carbocycles. The zero-order valence-corrected chi connectivity index (χ0v) is 26.0. The summed E-state index contributed by atoms with van der Waals surface area (Å²) in [4.78, 5) is 53.2. The van der Waals surface area contributed by atoms with Gasteiger partial charge in [0.05, 0.1) is 18.6 Å². The molecule has 9 nitrogen and oxygen atoms in total. The molecule has 3 aliphatic carbocycles. The van der Waals surface area contributed by atoms with Crippen LogP contribution in [-0.2, 0) is 36.8 Å². The molecule has 43 heavy (non-hydrogen) atoms. The van der Waals surface area contributed by atoms with Crippen LogP contribution in [-0.4, -0.2) is 56.0 Å². The van der Waals surface area contributed by atoms with Crippen LogP contribution in [0.3, 0.4) is 0 Å². The van der Waals surface area contributed by atoms with Gasteiger partial charge in [-0.25, -0.2) is 0 Å². The predicted molar refractivity (Wildman–Crippen MR) is 159 cm³/mol. The number of phenols is 1. The third kappa shape index (κ3) is 4.55. The molecule has 0 aliphatic heterocycles. The molecule has 232 valence electrons. The molecule has 0 aromatic heterocycles. The molecule has 3 aliphatic rings. The molecule has 0 heterocycles. The number of carbonyl (C=O) groups is 4. The first-order valence-electron chi connectivity index (χ1n) is 14.7. The van der Waals surface area contributed by atoms with Gasteiger partial charge in [-0.1, -0.05) is 53.7 Å². The molecular formula is C34H42O9. The van der Waals surface area contributed by atoms with Crippen molar-refractivity contribution in [3.63, 3.8) is 0 Å². The fourth-order valence-electron chi connectivity index (χ4n) is 7.98. The molecule has 0 amide bonds. The van der Waals surface area contributed by atoms with Crippen molar-refractivity contribution in [2.24, 2.45) is 22.7 Å². The number of phenolic OH excluding ortho intramolecular Hbond substituents is 1. The van der Waals surface area contributed by atoms with Crippen LogP contribution in [0, 0.1) is 22.7 Å². The number of ketones is 3. The van der Waals surface area contributed by atoms with Gasteiger partial charge in [0.1, 0.15) is 22.8 Å². The summed E-state index contributed by atoms with van der Waals surface area (Å²) in [5, 5.41) is 46.8. The Balaban J connectivity index is 1.99. The van der Waals surface area contributed by atoms with E-state index in [0.717, 1.165) is 12.5 Å². The second-order valence-corrected chi connectivity index (χ2v) is 13.4. The van der Waals surface area contributed by atoms with E-state index >= 15 is 0 Å². The zero-order valence-electron chi connectivity index (χ0n) is 26.0. The summed E-state index contributed by atoms with van der Waals surface area (Å²) < 4.78 is 5.22. The summed E-state index contributed by atoms with van der Waals surface area (Å²) in [5.41, 5.74) is -4.60. The van der Waals surface area contributed by atoms with Gasteiger partial charge in [0.25, 0.3) is 0 Å². The Morgan fingerprint density at radius 1 is 1.14 bits per heavy atom. The van der Waals surface area contributed by atoms with E-state index in [-0.39, 0.29) is 54.2 Å². The maximum absolute atomic E-state index is 14.5. The Hall–Kier alpha value is -3.72. The van der Waals surface area contributed by atoms with Crippen molar-refractivity contribution in [2.45, 2.75) is 85.7 Å². The number of rotatable bonds is 8. The summed E-state index contributed by atoms with van der Waals surface area (Å²) >= 11 is 0. The molecule has 4 N–H and O–H groups in total. The number of esters is 1. The highest BCUT2D eigenvalue weighted by Crippen LogP contribution is 2.65. The number of aliphatic hydroxyl groups excluding tert-OH is 2. The van der Waals surface area contributed by atoms with Gasteiger partial charge < -0.3 is 25.2 Å². The smallest absolute Gasteiger partial charge is 0.310 e. The molecule has 4 rings (SSSR count). The Morgan fingerprint density at radius 3 is 2.30 bits per heavy atom. The lowest BCUT2D eigenvalue weighted by molar-refractivity contribution is -0.178. The van der Waals surface area contributed by atoms with Crippen molar-refractivity contribution in [2.75, 3.05) is 6.61 Å². The summed E-state index contributed by atoms with van der Waals surface area (Å²) in [5.74, 6) is -6.46. The number of hydrogen-bond acceptors (Lipinski definition) is 9. The molecule has 0 spiro atoms. The molecule has 1 aromatic rings. The molecule has 1 unspecified atom stereocenters. The standard InChI is InChI=1S/C34H42O9/c1-9-10-11-43-22(36)13-19-12-20(16(2)3)21-14-32(7)15-33(8)25(17(4)5)28(38)23(18(6)35)30(40)34(33,42)31(41)26(32)29(39)24(21)27(19)37/h9,12,16-17,25,37,39-40,42H,1,10-11,13-15H2,2-8H3/t25?,32-,33-,34+/m1/s1. The second kappa shape index (κ2) is 10.8. The van der Waals surface area contributed by atoms with Gasteiger partial charge in [-0.2, -0.15) is 0 Å². The Bertz CT molecular complexity index is 1510. The highest BCUT2D eigenvalue weighted by atomic mass is 16.5. The van der Waals surface area contributed by atoms with Gasteiger partial charge >= 0.3 is 5.97 Å². The third-order valence-electron chi connectivity index (χ3n) is 9.66. The maximum Gasteiger partial charge on any atom is 0.310 e. The second-order valence-electron chi connectivity index (χ2n) is 13.4. The summed E-state index contributed by atoms with van der Waals surface area (Å²) in [6.07, 6.45) is 1.98. The van der Waals surface area contributed by atoms with Crippen LogP contribution >= 0.6 is 0 Å². The van der Waals surface area contributed by atoms with Gasteiger partial charge in [0, 0.05) is 27.9 Å². The number of Topliss-reactive ketones (excluding diaryl/α,β-unsaturated/α-hetero) is 3. The monoisotopic (exact) mass is 594 g/mol. The van der Waals surface area contributed by atoms with Gasteiger partial charge in [-0.15, -0.1) is 6.58 Å². The van der Waals surface area contributed by atoms with Crippen LogP contribution in [0.2, 0.25) is 0 Å². The molecule has 4 atom stereocenters. The number of aromatic hydroxyl groups is 1. The van der Waals surface area contributed by atoms with E-state index in [9.17, 15) is 39.6 Å². The predicted octanol–water partition coefficient (Wildman–Crippen LogP) is 4.98. The maximum atomic E-state index is 14.5. The lowest BCUT2D eigenvalue weighted by atomic mass is 9.43. The zero-order chi connectivity index (χ0) is 32.4. The van der Waals surface area contributed by atoms with Crippen molar-refractivity contribution < 1.29 is 44.3 Å². The fourth-order valence-corrected chi connectivity index (χ4v) is 7.98. The van der Waals surface area contributed by atoms with E-state index < -0.39 is 68.7 Å². The number of carbonyl (C=O) groups excluding carboxylic acids is 4. The fraction of sp³-hybridized carbons (Fsp3) is 0.529. The van der Waals surface area contributed by atoms with E-state index in [1.54, 1.807) is 39.8 Å². The van der Waals surface area contributed by atoms with Crippen LogP contribution in [0.15, 0.2) is 35.6 Å². The molecule has 0 bridgehead atoms. The van der Waals surface area contributed by atoms with Gasteiger partial charge in [-0.3, -0.25) is 19.2 Å². The minimum Gasteiger partial charge on any atom is -0.508 e. The number of hydrogen-bond donors (Lipinski definition) is 4. The summed E-state index contributed by atoms with van der Waals surface area (Å²) in [7, 11) is 0. The first-order chi connectivity index (χ1) is 19.9. The number of allylic oxidation sites excluding steroid dienone is 1. The largest absolute Gasteiger partial charge is 0.508 e. The molecule has 0 radical (unpaired) electrons. The molecule has 9 heteroatoms. The highest BCUT2D eigenvalue weighted by Gasteiger charge is 2.72. The van der Waals surface area contributed by atoms with Crippen LogP contribution in [0.1, 0.15) is 89.5 Å². The van der Waals surface area contributed by atoms with Crippen molar-refractivity contribution in [3.8, 4) is 5.75 Å². The third-order valence-corrected chi connectivity index (χ3v) is 9.66. The van der Waals surface area contributed by atoms with Crippen LogP contribution < -0.4 is 0 Å². The minimum atomic E-state index is -2.68. The lowest BCUT2D eigenvalue weighted by Crippen LogP contribution is -2.69. The van der Waals surface area contributed by atoms with E-state index in [4.69, 9.17) is 4.74 Å². The SMILES string of the molecule is C=CCCOC(=O)Cc1cc(C(C)C)c2c(c1O)C(O)=C1C(=O)[C@@]3(O)C(O)=C(C(C)=O)C(=O)C(C(C)C)[C@@]3(C)C[C@@]1(C)C2. The lowest BCUT2D eigenvalue weighted by Gasteiger charge is -2.59. The van der Waals surface area contributed by atoms with Gasteiger partial charge in [0.2, 0.25) is 5.78 Å². The number of fused-ring (bicyclic) bond motifs is 3.